The largest absolute Gasteiger partial charge is 0.366 e. The number of amides is 1. The Bertz CT molecular complexity index is 1180. The number of nitrogens with one attached hydrogen (secondary N) is 1. The summed E-state index contributed by atoms with van der Waals surface area (Å²) in [7, 11) is 0. The predicted octanol–water partition coefficient (Wildman–Crippen LogP) is 4.32. The molecule has 0 saturated heterocycles. The lowest BCUT2D eigenvalue weighted by molar-refractivity contribution is 0.100. The van der Waals surface area contributed by atoms with Crippen LogP contribution in [-0.4, -0.2) is 19.7 Å². The third-order valence-electron chi connectivity index (χ3n) is 4.72. The van der Waals surface area contributed by atoms with Crippen molar-refractivity contribution in [2.24, 2.45) is 5.73 Å². The average Bonchev–Trinajstić information content (AvgIpc) is 3.12. The first-order valence-electron chi connectivity index (χ1n) is 8.70. The van der Waals surface area contributed by atoms with E-state index in [4.69, 9.17) is 10.3 Å². The zero-order valence-electron chi connectivity index (χ0n) is 14.9. The van der Waals surface area contributed by atoms with Crippen molar-refractivity contribution in [2.45, 2.75) is 5.75 Å². The van der Waals surface area contributed by atoms with Gasteiger partial charge in [0, 0.05) is 17.1 Å². The van der Waals surface area contributed by atoms with Gasteiger partial charge in [-0.3, -0.25) is 4.79 Å². The van der Waals surface area contributed by atoms with Gasteiger partial charge in [-0.2, -0.15) is 0 Å². The van der Waals surface area contributed by atoms with Crippen molar-refractivity contribution < 1.29 is 13.6 Å². The first-order chi connectivity index (χ1) is 13.5. The molecule has 5 nitrogen and oxygen atoms in total. The van der Waals surface area contributed by atoms with Gasteiger partial charge < -0.3 is 15.3 Å². The fraction of sp³-hybridized carbons (Fsp3) is 0.0455. The molecule has 1 heterocycles. The van der Waals surface area contributed by atoms with Crippen LogP contribution >= 0.6 is 0 Å². The van der Waals surface area contributed by atoms with E-state index in [0.717, 1.165) is 33.2 Å². The van der Waals surface area contributed by atoms with Crippen LogP contribution in [0.25, 0.3) is 33.2 Å². The van der Waals surface area contributed by atoms with Crippen molar-refractivity contribution in [3.8, 4) is 22.3 Å². The first kappa shape index (κ1) is 18.2. The second kappa shape index (κ2) is 7.42. The van der Waals surface area contributed by atoms with Crippen LogP contribution in [0.1, 0.15) is 15.9 Å². The van der Waals surface area contributed by atoms with E-state index in [9.17, 15) is 9.00 Å². The van der Waals surface area contributed by atoms with E-state index >= 15 is 0 Å². The number of hydrogen-bond acceptors (Lipinski definition) is 2. The van der Waals surface area contributed by atoms with Gasteiger partial charge in [-0.25, -0.2) is 4.21 Å². The van der Waals surface area contributed by atoms with Gasteiger partial charge in [0.15, 0.2) is 11.1 Å². The molecule has 0 aliphatic rings. The zero-order chi connectivity index (χ0) is 19.7. The Labute approximate surface area is 164 Å². The maximum absolute atomic E-state index is 12.0. The zero-order valence-corrected chi connectivity index (χ0v) is 15.7. The van der Waals surface area contributed by atoms with Crippen molar-refractivity contribution in [3.05, 3.63) is 84.1 Å². The van der Waals surface area contributed by atoms with E-state index in [1.54, 1.807) is 6.07 Å². The van der Waals surface area contributed by atoms with Crippen molar-refractivity contribution in [1.82, 2.24) is 4.98 Å². The first-order valence-corrected chi connectivity index (χ1v) is 9.97. The third kappa shape index (κ3) is 3.47. The lowest BCUT2D eigenvalue weighted by Crippen LogP contribution is -2.11. The van der Waals surface area contributed by atoms with Crippen LogP contribution in [0.3, 0.4) is 0 Å². The van der Waals surface area contributed by atoms with E-state index in [1.807, 2.05) is 66.9 Å². The fourth-order valence-electron chi connectivity index (χ4n) is 3.39. The maximum atomic E-state index is 12.0. The number of rotatable bonds is 5. The van der Waals surface area contributed by atoms with Crippen LogP contribution in [0, 0.1) is 0 Å². The van der Waals surface area contributed by atoms with Gasteiger partial charge in [-0.15, -0.1) is 0 Å². The number of H-pyrrole nitrogens is 1. The Hall–Kier alpha value is -3.22. The maximum Gasteiger partial charge on any atom is 0.250 e. The van der Waals surface area contributed by atoms with Gasteiger partial charge in [-0.05, 0) is 34.4 Å². The summed E-state index contributed by atoms with van der Waals surface area (Å²) in [6, 6.07) is 21.1. The predicted molar refractivity (Wildman–Crippen MR) is 112 cm³/mol. The van der Waals surface area contributed by atoms with E-state index in [0.29, 0.717) is 11.1 Å². The summed E-state index contributed by atoms with van der Waals surface area (Å²) < 4.78 is 20.0. The van der Waals surface area contributed by atoms with Crippen LogP contribution in [0.4, 0.5) is 0 Å². The number of hydrogen-bond donors (Lipinski definition) is 3. The molecular formula is C22H18N2O3S. The Balaban J connectivity index is 1.87. The second-order valence-corrected chi connectivity index (χ2v) is 7.47. The minimum Gasteiger partial charge on any atom is -0.366 e. The number of carbonyl (C=O) groups excluding carboxylic acids is 1. The lowest BCUT2D eigenvalue weighted by Gasteiger charge is -2.08. The highest BCUT2D eigenvalue weighted by molar-refractivity contribution is 7.78. The van der Waals surface area contributed by atoms with Crippen molar-refractivity contribution in [2.75, 3.05) is 0 Å². The molecule has 4 rings (SSSR count). The van der Waals surface area contributed by atoms with Crippen LogP contribution in [0.15, 0.2) is 72.9 Å². The molecule has 0 bridgehead atoms. The molecule has 1 aromatic heterocycles. The van der Waals surface area contributed by atoms with Crippen molar-refractivity contribution >= 4 is 27.9 Å². The summed E-state index contributed by atoms with van der Waals surface area (Å²) in [5, 5.41) is 0.897. The van der Waals surface area contributed by atoms with Crippen LogP contribution in [0.2, 0.25) is 0 Å². The summed E-state index contributed by atoms with van der Waals surface area (Å²) in [6.07, 6.45) is 1.85. The molecule has 3 aromatic carbocycles. The minimum absolute atomic E-state index is 0.0954. The molecule has 0 fully saturated rings. The molecule has 4 aromatic rings. The van der Waals surface area contributed by atoms with Gasteiger partial charge in [0.2, 0.25) is 0 Å². The number of fused-ring (bicyclic) bond motifs is 1. The number of primary amides is 1. The number of carbonyl (C=O) groups is 1. The van der Waals surface area contributed by atoms with E-state index in [-0.39, 0.29) is 5.75 Å². The van der Waals surface area contributed by atoms with Gasteiger partial charge >= 0.3 is 0 Å². The number of aromatic nitrogens is 1. The molecule has 6 heteroatoms. The van der Waals surface area contributed by atoms with Gasteiger partial charge in [0.1, 0.15) is 0 Å². The highest BCUT2D eigenvalue weighted by Gasteiger charge is 2.15. The summed E-state index contributed by atoms with van der Waals surface area (Å²) >= 11 is -1.87. The lowest BCUT2D eigenvalue weighted by atomic mass is 9.96. The Morgan fingerprint density at radius 1 is 0.964 bits per heavy atom. The number of aromatic amines is 1. The molecule has 4 N–H and O–H groups in total. The standard InChI is InChI=1S/C22H18N2O3S/c23-22(25)19-11-17(15-4-2-1-3-5-15)10-18-20(12-24-21(18)19)16-8-6-14(7-9-16)13-28(26)27/h1-12,24H,13H2,(H2,23,25)(H,26,27). The molecule has 140 valence electrons. The Kier molecular flexibility index (Phi) is 4.81. The molecule has 0 aliphatic heterocycles. The molecule has 0 radical (unpaired) electrons. The molecule has 28 heavy (non-hydrogen) atoms. The van der Waals surface area contributed by atoms with Gasteiger partial charge in [0.05, 0.1) is 16.8 Å². The second-order valence-electron chi connectivity index (χ2n) is 6.54. The summed E-state index contributed by atoms with van der Waals surface area (Å²) in [5.74, 6) is -0.394. The highest BCUT2D eigenvalue weighted by Crippen LogP contribution is 2.34. The van der Waals surface area contributed by atoms with Gasteiger partial charge in [-0.1, -0.05) is 54.6 Å². The highest BCUT2D eigenvalue weighted by atomic mass is 32.2. The fourth-order valence-corrected chi connectivity index (χ4v) is 3.86. The number of benzene rings is 3. The molecular weight excluding hydrogens is 372 g/mol. The van der Waals surface area contributed by atoms with E-state index in [2.05, 4.69) is 4.98 Å². The molecule has 1 atom stereocenters. The normalized spacial score (nSPS) is 12.2. The topological polar surface area (TPSA) is 96.2 Å². The third-order valence-corrected chi connectivity index (χ3v) is 5.30. The van der Waals surface area contributed by atoms with Crippen molar-refractivity contribution in [1.29, 1.82) is 0 Å². The van der Waals surface area contributed by atoms with E-state index < -0.39 is 17.0 Å². The molecule has 0 spiro atoms. The Morgan fingerprint density at radius 2 is 1.68 bits per heavy atom. The summed E-state index contributed by atoms with van der Waals surface area (Å²) in [4.78, 5) is 15.2. The summed E-state index contributed by atoms with van der Waals surface area (Å²) in [5.41, 5.74) is 11.3. The van der Waals surface area contributed by atoms with Crippen LogP contribution in [0.5, 0.6) is 0 Å². The van der Waals surface area contributed by atoms with Gasteiger partial charge in [0.25, 0.3) is 5.91 Å². The average molecular weight is 390 g/mol. The minimum atomic E-state index is -1.87. The van der Waals surface area contributed by atoms with Crippen molar-refractivity contribution in [3.63, 3.8) is 0 Å². The molecule has 0 aliphatic carbocycles. The number of nitrogens with two attached hydrogens (primary N) is 1. The van der Waals surface area contributed by atoms with E-state index in [1.165, 1.54) is 0 Å². The molecule has 1 amide bonds. The quantitative estimate of drug-likeness (QED) is 0.443. The van der Waals surface area contributed by atoms with Crippen LogP contribution < -0.4 is 5.73 Å². The monoisotopic (exact) mass is 390 g/mol. The molecule has 0 saturated carbocycles. The smallest absolute Gasteiger partial charge is 0.250 e. The SMILES string of the molecule is NC(=O)c1cc(-c2ccccc2)cc2c(-c3ccc(CS(=O)O)cc3)c[nH]c12. The molecule has 1 unspecified atom stereocenters. The summed E-state index contributed by atoms with van der Waals surface area (Å²) in [6.45, 7) is 0. The Morgan fingerprint density at radius 3 is 2.32 bits per heavy atom. The van der Waals surface area contributed by atoms with Crippen LogP contribution in [-0.2, 0) is 16.8 Å².